The van der Waals surface area contributed by atoms with Crippen LogP contribution in [-0.2, 0) is 16.6 Å². The summed E-state index contributed by atoms with van der Waals surface area (Å²) in [6.07, 6.45) is 5.50. The number of aromatic nitrogens is 3. The van der Waals surface area contributed by atoms with Crippen molar-refractivity contribution in [2.24, 2.45) is 11.3 Å². The number of para-hydroxylation sites is 1. The SMILES string of the molecule is CC[C@@]1(C)C(=O)C(C#N)=C[C@@]2(C)c3nc(-c4ccnc5ccccc45)nc(-c4ccccc4F)c3CC[C@H]12. The molecule has 2 aliphatic rings. The lowest BCUT2D eigenvalue weighted by molar-refractivity contribution is -0.130. The molecular weight excluding hydrogens is 475 g/mol. The van der Waals surface area contributed by atoms with Crippen LogP contribution in [-0.4, -0.2) is 20.7 Å². The van der Waals surface area contributed by atoms with Crippen molar-refractivity contribution in [1.29, 1.82) is 5.26 Å². The lowest BCUT2D eigenvalue weighted by Crippen LogP contribution is -2.52. The molecule has 2 aromatic heterocycles. The molecule has 0 radical (unpaired) electrons. The van der Waals surface area contributed by atoms with Gasteiger partial charge in [0.05, 0.1) is 22.5 Å². The molecule has 2 aliphatic carbocycles. The molecule has 4 aromatic rings. The highest BCUT2D eigenvalue weighted by molar-refractivity contribution is 6.04. The molecule has 188 valence electrons. The Hall–Kier alpha value is -4.24. The first-order chi connectivity index (χ1) is 18.3. The molecular formula is C32H27FN4O. The van der Waals surface area contributed by atoms with Gasteiger partial charge in [0.15, 0.2) is 11.6 Å². The van der Waals surface area contributed by atoms with Crippen LogP contribution >= 0.6 is 0 Å². The Morgan fingerprint density at radius 3 is 2.58 bits per heavy atom. The van der Waals surface area contributed by atoms with E-state index >= 15 is 4.39 Å². The smallest absolute Gasteiger partial charge is 0.179 e. The second-order valence-electron chi connectivity index (χ2n) is 10.7. The van der Waals surface area contributed by atoms with Crippen LogP contribution in [0.25, 0.3) is 33.5 Å². The van der Waals surface area contributed by atoms with Crippen molar-refractivity contribution in [3.63, 3.8) is 0 Å². The number of benzene rings is 2. The van der Waals surface area contributed by atoms with Crippen molar-refractivity contribution in [3.05, 3.63) is 89.5 Å². The van der Waals surface area contributed by atoms with Gasteiger partial charge in [-0.25, -0.2) is 14.4 Å². The van der Waals surface area contributed by atoms with Crippen LogP contribution in [0, 0.1) is 28.5 Å². The molecule has 0 saturated heterocycles. The lowest BCUT2D eigenvalue weighted by atomic mass is 9.51. The molecule has 0 saturated carbocycles. The number of hydrogen-bond acceptors (Lipinski definition) is 5. The summed E-state index contributed by atoms with van der Waals surface area (Å²) < 4.78 is 15.2. The van der Waals surface area contributed by atoms with Crippen molar-refractivity contribution in [1.82, 2.24) is 15.0 Å². The normalized spacial score (nSPS) is 24.3. The predicted octanol–water partition coefficient (Wildman–Crippen LogP) is 6.77. The molecule has 3 atom stereocenters. The summed E-state index contributed by atoms with van der Waals surface area (Å²) in [5, 5.41) is 10.8. The van der Waals surface area contributed by atoms with Crippen LogP contribution in [0.15, 0.2) is 72.4 Å². The maximum Gasteiger partial charge on any atom is 0.179 e. The fourth-order valence-electron chi connectivity index (χ4n) is 6.68. The van der Waals surface area contributed by atoms with E-state index in [1.165, 1.54) is 6.07 Å². The first-order valence-electron chi connectivity index (χ1n) is 13.0. The highest BCUT2D eigenvalue weighted by atomic mass is 19.1. The maximum atomic E-state index is 15.2. The van der Waals surface area contributed by atoms with Gasteiger partial charge in [-0.2, -0.15) is 5.26 Å². The summed E-state index contributed by atoms with van der Waals surface area (Å²) in [6.45, 7) is 6.05. The average Bonchev–Trinajstić information content (AvgIpc) is 2.94. The number of rotatable bonds is 3. The van der Waals surface area contributed by atoms with E-state index in [4.69, 9.17) is 9.97 Å². The number of Topliss-reactive ketones (excluding diaryl/α,β-unsaturated/α-hetero) is 1. The molecule has 0 spiro atoms. The second kappa shape index (κ2) is 8.66. The van der Waals surface area contributed by atoms with Gasteiger partial charge in [-0.3, -0.25) is 9.78 Å². The molecule has 0 fully saturated rings. The summed E-state index contributed by atoms with van der Waals surface area (Å²) in [4.78, 5) is 28.1. The minimum atomic E-state index is -0.697. The first kappa shape index (κ1) is 24.1. The molecule has 6 rings (SSSR count). The number of halogens is 1. The number of fused-ring (bicyclic) bond motifs is 4. The Kier molecular flexibility index (Phi) is 5.50. The highest BCUT2D eigenvalue weighted by Crippen LogP contribution is 2.56. The molecule has 0 amide bonds. The monoisotopic (exact) mass is 502 g/mol. The van der Waals surface area contributed by atoms with Gasteiger partial charge in [0, 0.05) is 39.1 Å². The van der Waals surface area contributed by atoms with Gasteiger partial charge in [0.1, 0.15) is 11.9 Å². The van der Waals surface area contributed by atoms with Crippen molar-refractivity contribution < 1.29 is 9.18 Å². The van der Waals surface area contributed by atoms with Crippen LogP contribution in [0.3, 0.4) is 0 Å². The van der Waals surface area contributed by atoms with E-state index in [1.807, 2.05) is 56.3 Å². The number of pyridine rings is 1. The molecule has 5 nitrogen and oxygen atoms in total. The van der Waals surface area contributed by atoms with Gasteiger partial charge in [0.2, 0.25) is 0 Å². The number of nitrogens with zero attached hydrogens (tertiary/aromatic N) is 4. The topological polar surface area (TPSA) is 79.5 Å². The molecule has 0 N–H and O–H groups in total. The minimum absolute atomic E-state index is 0.0532. The van der Waals surface area contributed by atoms with Gasteiger partial charge >= 0.3 is 0 Å². The second-order valence-corrected chi connectivity index (χ2v) is 10.7. The van der Waals surface area contributed by atoms with Crippen LogP contribution in [0.2, 0.25) is 0 Å². The highest BCUT2D eigenvalue weighted by Gasteiger charge is 2.56. The molecule has 2 aromatic carbocycles. The third kappa shape index (κ3) is 3.35. The third-order valence-electron chi connectivity index (χ3n) is 8.77. The van der Waals surface area contributed by atoms with Crippen LogP contribution in [0.1, 0.15) is 44.9 Å². The van der Waals surface area contributed by atoms with Gasteiger partial charge < -0.3 is 0 Å². The van der Waals surface area contributed by atoms with E-state index in [-0.39, 0.29) is 23.1 Å². The summed E-state index contributed by atoms with van der Waals surface area (Å²) in [7, 11) is 0. The van der Waals surface area contributed by atoms with Crippen LogP contribution in [0.4, 0.5) is 4.39 Å². The Balaban J connectivity index is 1.71. The van der Waals surface area contributed by atoms with E-state index in [9.17, 15) is 10.1 Å². The zero-order chi connectivity index (χ0) is 26.7. The van der Waals surface area contributed by atoms with E-state index in [0.29, 0.717) is 29.9 Å². The molecule has 2 heterocycles. The summed E-state index contributed by atoms with van der Waals surface area (Å²) >= 11 is 0. The number of allylic oxidation sites excluding steroid dienone is 2. The summed E-state index contributed by atoms with van der Waals surface area (Å²) in [6, 6.07) is 18.5. The van der Waals surface area contributed by atoms with E-state index in [2.05, 4.69) is 18.0 Å². The van der Waals surface area contributed by atoms with Crippen LogP contribution in [0.5, 0.6) is 0 Å². The van der Waals surface area contributed by atoms with Crippen molar-refractivity contribution >= 4 is 16.7 Å². The summed E-state index contributed by atoms with van der Waals surface area (Å²) in [5.41, 5.74) is 3.01. The zero-order valence-corrected chi connectivity index (χ0v) is 21.6. The number of ketones is 1. The van der Waals surface area contributed by atoms with Gasteiger partial charge in [-0.1, -0.05) is 57.2 Å². The van der Waals surface area contributed by atoms with E-state index in [1.54, 1.807) is 18.3 Å². The molecule has 0 aliphatic heterocycles. The van der Waals surface area contributed by atoms with Crippen molar-refractivity contribution in [2.75, 3.05) is 0 Å². The fourth-order valence-corrected chi connectivity index (χ4v) is 6.68. The average molecular weight is 503 g/mol. The quantitative estimate of drug-likeness (QED) is 0.309. The van der Waals surface area contributed by atoms with E-state index in [0.717, 1.165) is 34.1 Å². The Bertz CT molecular complexity index is 1700. The van der Waals surface area contributed by atoms with Crippen molar-refractivity contribution in [2.45, 2.75) is 45.4 Å². The fraction of sp³-hybridized carbons (Fsp3) is 0.281. The largest absolute Gasteiger partial charge is 0.293 e. The zero-order valence-electron chi connectivity index (χ0n) is 21.6. The summed E-state index contributed by atoms with van der Waals surface area (Å²) in [5.74, 6) is -0.0270. The Labute approximate surface area is 221 Å². The molecule has 0 unspecified atom stereocenters. The standard InChI is InChI=1S/C32H27FN4O/c1-4-31(2)26-14-13-23-27(22-10-5-7-11-24(22)33)36-30(21-15-16-35-25-12-8-6-9-20(21)25)37-28(23)32(26,3)17-19(18-34)29(31)38/h5-12,15-17,26H,4,13-14H2,1-3H3/t26-,31-,32-/m1/s1. The lowest BCUT2D eigenvalue weighted by Gasteiger charge is -2.51. The molecule has 0 bridgehead atoms. The van der Waals surface area contributed by atoms with Gasteiger partial charge in [-0.15, -0.1) is 0 Å². The Morgan fingerprint density at radius 1 is 1.05 bits per heavy atom. The number of carbonyl (C=O) groups excluding carboxylic acids is 1. The maximum absolute atomic E-state index is 15.2. The van der Waals surface area contributed by atoms with Crippen molar-refractivity contribution in [3.8, 4) is 28.7 Å². The third-order valence-corrected chi connectivity index (χ3v) is 8.77. The molecule has 6 heteroatoms. The number of nitriles is 1. The minimum Gasteiger partial charge on any atom is -0.293 e. The number of hydrogen-bond donors (Lipinski definition) is 0. The predicted molar refractivity (Wildman–Crippen MR) is 144 cm³/mol. The Morgan fingerprint density at radius 2 is 1.82 bits per heavy atom. The van der Waals surface area contributed by atoms with Gasteiger partial charge in [0.25, 0.3) is 0 Å². The van der Waals surface area contributed by atoms with Gasteiger partial charge in [-0.05, 0) is 49.4 Å². The number of carbonyl (C=O) groups is 1. The van der Waals surface area contributed by atoms with E-state index < -0.39 is 10.8 Å². The first-order valence-corrected chi connectivity index (χ1v) is 13.0. The molecule has 38 heavy (non-hydrogen) atoms. The van der Waals surface area contributed by atoms with Crippen LogP contribution < -0.4 is 0 Å².